The normalized spacial score (nSPS) is 31.2. The van der Waals surface area contributed by atoms with Crippen LogP contribution in [0.1, 0.15) is 32.1 Å². The van der Waals surface area contributed by atoms with Crippen molar-refractivity contribution in [3.05, 3.63) is 0 Å². The average Bonchev–Trinajstić information content (AvgIpc) is 2.39. The number of hydrazine groups is 1. The first kappa shape index (κ1) is 6.58. The molecule has 1 radical (unpaired) electrons. The third-order valence-electron chi connectivity index (χ3n) is 2.57. The molecule has 1 aliphatic heterocycles. The Hall–Kier alpha value is -0.120. The van der Waals surface area contributed by atoms with Crippen molar-refractivity contribution in [2.75, 3.05) is 6.54 Å². The zero-order chi connectivity index (χ0) is 6.86. The Morgan fingerprint density at radius 1 is 1.10 bits per heavy atom. The maximum Gasteiger partial charge on any atom is 0.0678 e. The van der Waals surface area contributed by atoms with Gasteiger partial charge in [0.1, 0.15) is 0 Å². The van der Waals surface area contributed by atoms with Crippen molar-refractivity contribution in [1.29, 1.82) is 0 Å². The van der Waals surface area contributed by atoms with Gasteiger partial charge in [-0.05, 0) is 12.8 Å². The number of nitrogens with zero attached hydrogens (tertiary/aromatic N) is 1. The van der Waals surface area contributed by atoms with Gasteiger partial charge in [0.2, 0.25) is 0 Å². The molecule has 1 saturated heterocycles. The molecule has 10 heavy (non-hydrogen) atoms. The first-order valence-electron chi connectivity index (χ1n) is 4.11. The summed E-state index contributed by atoms with van der Waals surface area (Å²) in [6.07, 6.45) is 6.65. The highest BCUT2D eigenvalue weighted by atomic mass is 15.7. The van der Waals surface area contributed by atoms with E-state index in [0.717, 1.165) is 6.54 Å². The predicted octanol–water partition coefficient (Wildman–Crippen LogP) is 0.317. The van der Waals surface area contributed by atoms with Crippen molar-refractivity contribution in [3.8, 4) is 0 Å². The first-order chi connectivity index (χ1) is 4.91. The molecule has 2 rings (SSSR count). The Morgan fingerprint density at radius 2 is 1.90 bits per heavy atom. The third-order valence-corrected chi connectivity index (χ3v) is 2.57. The van der Waals surface area contributed by atoms with Crippen LogP contribution in [0, 0.1) is 0 Å². The smallest absolute Gasteiger partial charge is 0.0678 e. The Labute approximate surface area is 61.5 Å². The second-order valence-electron chi connectivity index (χ2n) is 3.36. The van der Waals surface area contributed by atoms with Gasteiger partial charge in [0.15, 0.2) is 0 Å². The van der Waals surface area contributed by atoms with Crippen LogP contribution in [-0.4, -0.2) is 12.1 Å². The molecule has 3 nitrogen and oxygen atoms in total. The molecule has 2 aliphatic rings. The van der Waals surface area contributed by atoms with Crippen molar-refractivity contribution in [3.63, 3.8) is 0 Å². The average molecular weight is 140 g/mol. The van der Waals surface area contributed by atoms with Crippen molar-refractivity contribution >= 4 is 0 Å². The maximum atomic E-state index is 4.37. The van der Waals surface area contributed by atoms with E-state index in [1.807, 2.05) is 0 Å². The van der Waals surface area contributed by atoms with Crippen LogP contribution in [0.5, 0.6) is 0 Å². The summed E-state index contributed by atoms with van der Waals surface area (Å²) in [4.78, 5) is 0. The largest absolute Gasteiger partial charge is 0.241 e. The fraction of sp³-hybridized carbons (Fsp3) is 1.00. The standard InChI is InChI=1S/C7H14N3/c1-2-4-7(5-3-1)6-8-10-9-7/h8,10H,1-6H2. The summed E-state index contributed by atoms with van der Waals surface area (Å²) < 4.78 is 0. The van der Waals surface area contributed by atoms with Gasteiger partial charge in [0.25, 0.3) is 0 Å². The van der Waals surface area contributed by atoms with Crippen molar-refractivity contribution in [1.82, 2.24) is 16.4 Å². The van der Waals surface area contributed by atoms with Crippen LogP contribution < -0.4 is 16.4 Å². The molecule has 2 N–H and O–H groups in total. The molecule has 3 heteroatoms. The Balaban J connectivity index is 1.98. The van der Waals surface area contributed by atoms with Gasteiger partial charge in [-0.1, -0.05) is 19.3 Å². The lowest BCUT2D eigenvalue weighted by Crippen LogP contribution is -2.41. The molecule has 57 valence electrons. The molecular formula is C7H14N3. The molecule has 0 aromatic heterocycles. The Kier molecular flexibility index (Phi) is 1.64. The molecular weight excluding hydrogens is 126 g/mol. The van der Waals surface area contributed by atoms with E-state index in [1.54, 1.807) is 0 Å². The van der Waals surface area contributed by atoms with Gasteiger partial charge >= 0.3 is 0 Å². The molecule has 2 fully saturated rings. The highest BCUT2D eigenvalue weighted by molar-refractivity contribution is 4.93. The molecule has 1 heterocycles. The van der Waals surface area contributed by atoms with Gasteiger partial charge in [0, 0.05) is 6.54 Å². The summed E-state index contributed by atoms with van der Waals surface area (Å²) in [6.45, 7) is 1.03. The quantitative estimate of drug-likeness (QED) is 0.508. The van der Waals surface area contributed by atoms with E-state index < -0.39 is 0 Å². The summed E-state index contributed by atoms with van der Waals surface area (Å²) in [5.41, 5.74) is 10.6. The minimum Gasteiger partial charge on any atom is -0.241 e. The van der Waals surface area contributed by atoms with E-state index in [2.05, 4.69) is 16.4 Å². The molecule has 1 spiro atoms. The van der Waals surface area contributed by atoms with Crippen LogP contribution in [0.3, 0.4) is 0 Å². The molecule has 0 bridgehead atoms. The van der Waals surface area contributed by atoms with E-state index in [-0.39, 0.29) is 5.54 Å². The molecule has 0 atom stereocenters. The summed E-state index contributed by atoms with van der Waals surface area (Å²) in [7, 11) is 0. The van der Waals surface area contributed by atoms with E-state index in [0.29, 0.717) is 0 Å². The first-order valence-corrected chi connectivity index (χ1v) is 4.11. The SMILES string of the molecule is C1CCC2(CC1)CNN[N]2. The van der Waals surface area contributed by atoms with Crippen molar-refractivity contribution in [2.45, 2.75) is 37.6 Å². The Morgan fingerprint density at radius 3 is 2.50 bits per heavy atom. The zero-order valence-electron chi connectivity index (χ0n) is 6.19. The van der Waals surface area contributed by atoms with Gasteiger partial charge in [-0.2, -0.15) is 5.53 Å². The molecule has 0 unspecified atom stereocenters. The van der Waals surface area contributed by atoms with Crippen LogP contribution in [0.2, 0.25) is 0 Å². The second-order valence-corrected chi connectivity index (χ2v) is 3.36. The van der Waals surface area contributed by atoms with Crippen molar-refractivity contribution < 1.29 is 0 Å². The van der Waals surface area contributed by atoms with Crippen LogP contribution in [0.4, 0.5) is 0 Å². The summed E-state index contributed by atoms with van der Waals surface area (Å²) in [5, 5.41) is 0. The minimum absolute atomic E-state index is 0.276. The number of hydrogen-bond acceptors (Lipinski definition) is 2. The predicted molar refractivity (Wildman–Crippen MR) is 39.1 cm³/mol. The lowest BCUT2D eigenvalue weighted by molar-refractivity contribution is 0.261. The van der Waals surface area contributed by atoms with Gasteiger partial charge < -0.3 is 0 Å². The fourth-order valence-corrected chi connectivity index (χ4v) is 1.90. The van der Waals surface area contributed by atoms with E-state index >= 15 is 0 Å². The summed E-state index contributed by atoms with van der Waals surface area (Å²) in [6, 6.07) is 0. The van der Waals surface area contributed by atoms with Crippen LogP contribution in [-0.2, 0) is 0 Å². The zero-order valence-corrected chi connectivity index (χ0v) is 6.19. The fourth-order valence-electron chi connectivity index (χ4n) is 1.90. The number of rotatable bonds is 0. The second kappa shape index (κ2) is 2.49. The van der Waals surface area contributed by atoms with Gasteiger partial charge in [0.05, 0.1) is 5.54 Å². The molecule has 1 saturated carbocycles. The maximum absolute atomic E-state index is 4.37. The topological polar surface area (TPSA) is 38.2 Å². The van der Waals surface area contributed by atoms with Crippen molar-refractivity contribution in [2.24, 2.45) is 0 Å². The molecule has 1 aliphatic carbocycles. The molecule has 0 amide bonds. The summed E-state index contributed by atoms with van der Waals surface area (Å²) in [5.74, 6) is 0. The lowest BCUT2D eigenvalue weighted by Gasteiger charge is -2.29. The van der Waals surface area contributed by atoms with Crippen LogP contribution >= 0.6 is 0 Å². The van der Waals surface area contributed by atoms with Crippen LogP contribution in [0.15, 0.2) is 0 Å². The Bertz CT molecular complexity index is 110. The number of hydrogen-bond donors (Lipinski definition) is 2. The van der Waals surface area contributed by atoms with Gasteiger partial charge in [-0.25, -0.2) is 5.43 Å². The minimum atomic E-state index is 0.276. The molecule has 0 aromatic carbocycles. The van der Waals surface area contributed by atoms with E-state index in [9.17, 15) is 0 Å². The highest BCUT2D eigenvalue weighted by Crippen LogP contribution is 2.28. The van der Waals surface area contributed by atoms with E-state index in [1.165, 1.54) is 32.1 Å². The van der Waals surface area contributed by atoms with Gasteiger partial charge in [-0.3, -0.25) is 0 Å². The monoisotopic (exact) mass is 140 g/mol. The van der Waals surface area contributed by atoms with Gasteiger partial charge in [-0.15, -0.1) is 5.43 Å². The highest BCUT2D eigenvalue weighted by Gasteiger charge is 2.36. The molecule has 0 aromatic rings. The van der Waals surface area contributed by atoms with E-state index in [4.69, 9.17) is 0 Å². The summed E-state index contributed by atoms with van der Waals surface area (Å²) >= 11 is 0. The third kappa shape index (κ3) is 1.05. The van der Waals surface area contributed by atoms with Crippen LogP contribution in [0.25, 0.3) is 0 Å². The lowest BCUT2D eigenvalue weighted by atomic mass is 9.83. The number of nitrogens with one attached hydrogen (secondary N) is 2.